The van der Waals surface area contributed by atoms with Crippen molar-refractivity contribution in [2.75, 3.05) is 26.7 Å². The lowest BCUT2D eigenvalue weighted by molar-refractivity contribution is 0.0595. The lowest BCUT2D eigenvalue weighted by atomic mass is 10.1. The van der Waals surface area contributed by atoms with Gasteiger partial charge in [-0.25, -0.2) is 4.79 Å². The number of rotatable bonds is 8. The van der Waals surface area contributed by atoms with E-state index in [9.17, 15) is 4.79 Å². The molecule has 3 N–H and O–H groups in total. The van der Waals surface area contributed by atoms with Gasteiger partial charge in [-0.3, -0.25) is 4.90 Å². The Hall–Kier alpha value is -2.11. The van der Waals surface area contributed by atoms with Gasteiger partial charge in [0.2, 0.25) is 0 Å². The van der Waals surface area contributed by atoms with E-state index in [4.69, 9.17) is 10.5 Å². The van der Waals surface area contributed by atoms with E-state index in [1.165, 1.54) is 12.7 Å². The Morgan fingerprint density at radius 3 is 2.68 bits per heavy atom. The van der Waals surface area contributed by atoms with Crippen molar-refractivity contribution in [1.82, 2.24) is 9.88 Å². The standard InChI is InChI=1S/C17H23N3O2/c1-22-17(21)16-11-15(12-19-16)13-20(10-8-18)9-7-14-5-3-2-4-6-14/h2-6,11-12,19H,7-10,13,18H2,1H3. The molecular weight excluding hydrogens is 278 g/mol. The topological polar surface area (TPSA) is 71.3 Å². The molecule has 0 bridgehead atoms. The van der Waals surface area contributed by atoms with E-state index >= 15 is 0 Å². The summed E-state index contributed by atoms with van der Waals surface area (Å²) >= 11 is 0. The molecule has 5 nitrogen and oxygen atoms in total. The number of nitrogens with one attached hydrogen (secondary N) is 1. The first-order chi connectivity index (χ1) is 10.7. The Morgan fingerprint density at radius 2 is 2.00 bits per heavy atom. The number of nitrogens with two attached hydrogens (primary N) is 1. The second-order valence-electron chi connectivity index (χ2n) is 5.21. The number of esters is 1. The van der Waals surface area contributed by atoms with Crippen LogP contribution in [0.15, 0.2) is 42.6 Å². The molecule has 2 aromatic rings. The summed E-state index contributed by atoms with van der Waals surface area (Å²) in [5.74, 6) is -0.346. The zero-order chi connectivity index (χ0) is 15.8. The second-order valence-corrected chi connectivity index (χ2v) is 5.21. The molecule has 0 fully saturated rings. The first-order valence-electron chi connectivity index (χ1n) is 7.45. The first kappa shape index (κ1) is 16.3. The lowest BCUT2D eigenvalue weighted by Gasteiger charge is -2.21. The van der Waals surface area contributed by atoms with Crippen molar-refractivity contribution in [3.63, 3.8) is 0 Å². The van der Waals surface area contributed by atoms with E-state index in [-0.39, 0.29) is 5.97 Å². The number of nitrogens with zero attached hydrogens (tertiary/aromatic N) is 1. The molecule has 1 heterocycles. The zero-order valence-electron chi connectivity index (χ0n) is 12.9. The van der Waals surface area contributed by atoms with Gasteiger partial charge in [0.1, 0.15) is 5.69 Å². The third-order valence-electron chi connectivity index (χ3n) is 3.56. The Bertz CT molecular complexity index is 581. The SMILES string of the molecule is COC(=O)c1cc(CN(CCN)CCc2ccccc2)c[nH]1. The van der Waals surface area contributed by atoms with Gasteiger partial charge in [-0.15, -0.1) is 0 Å². The smallest absolute Gasteiger partial charge is 0.354 e. The number of hydrogen-bond acceptors (Lipinski definition) is 4. The highest BCUT2D eigenvalue weighted by Crippen LogP contribution is 2.09. The van der Waals surface area contributed by atoms with Crippen molar-refractivity contribution in [3.05, 3.63) is 59.4 Å². The van der Waals surface area contributed by atoms with Crippen LogP contribution in [-0.4, -0.2) is 42.6 Å². The van der Waals surface area contributed by atoms with Crippen molar-refractivity contribution in [2.45, 2.75) is 13.0 Å². The number of carbonyl (C=O) groups is 1. The van der Waals surface area contributed by atoms with Crippen LogP contribution in [-0.2, 0) is 17.7 Å². The van der Waals surface area contributed by atoms with Crippen LogP contribution in [0.1, 0.15) is 21.6 Å². The summed E-state index contributed by atoms with van der Waals surface area (Å²) < 4.78 is 4.70. The van der Waals surface area contributed by atoms with Crippen LogP contribution in [0.25, 0.3) is 0 Å². The van der Waals surface area contributed by atoms with Gasteiger partial charge in [0, 0.05) is 32.4 Å². The van der Waals surface area contributed by atoms with Gasteiger partial charge in [0.15, 0.2) is 0 Å². The molecule has 0 unspecified atom stereocenters. The largest absolute Gasteiger partial charge is 0.464 e. The van der Waals surface area contributed by atoms with Gasteiger partial charge in [0.25, 0.3) is 0 Å². The van der Waals surface area contributed by atoms with Crippen molar-refractivity contribution >= 4 is 5.97 Å². The zero-order valence-corrected chi connectivity index (χ0v) is 12.9. The van der Waals surface area contributed by atoms with Crippen LogP contribution in [0, 0.1) is 0 Å². The molecule has 0 aliphatic heterocycles. The molecular formula is C17H23N3O2. The van der Waals surface area contributed by atoms with E-state index in [0.29, 0.717) is 12.2 Å². The normalized spacial score (nSPS) is 10.9. The average molecular weight is 301 g/mol. The molecule has 2 rings (SSSR count). The van der Waals surface area contributed by atoms with Crippen LogP contribution >= 0.6 is 0 Å². The molecule has 1 aromatic heterocycles. The summed E-state index contributed by atoms with van der Waals surface area (Å²) in [6.07, 6.45) is 2.83. The number of methoxy groups -OCH3 is 1. The lowest BCUT2D eigenvalue weighted by Crippen LogP contribution is -2.30. The first-order valence-corrected chi connectivity index (χ1v) is 7.45. The van der Waals surface area contributed by atoms with Gasteiger partial charge in [0.05, 0.1) is 7.11 Å². The van der Waals surface area contributed by atoms with E-state index in [1.54, 1.807) is 0 Å². The number of ether oxygens (including phenoxy) is 1. The predicted molar refractivity (Wildman–Crippen MR) is 86.6 cm³/mol. The van der Waals surface area contributed by atoms with Gasteiger partial charge in [-0.05, 0) is 23.6 Å². The molecule has 1 aromatic carbocycles. The second kappa shape index (κ2) is 8.36. The third kappa shape index (κ3) is 4.72. The molecule has 0 atom stereocenters. The minimum absolute atomic E-state index is 0.346. The summed E-state index contributed by atoms with van der Waals surface area (Å²) in [5, 5.41) is 0. The van der Waals surface area contributed by atoms with E-state index in [2.05, 4.69) is 34.1 Å². The van der Waals surface area contributed by atoms with Crippen molar-refractivity contribution in [3.8, 4) is 0 Å². The monoisotopic (exact) mass is 301 g/mol. The molecule has 0 saturated heterocycles. The van der Waals surface area contributed by atoms with Crippen LogP contribution in [0.2, 0.25) is 0 Å². The predicted octanol–water partition coefficient (Wildman–Crippen LogP) is 1.80. The maximum Gasteiger partial charge on any atom is 0.354 e. The van der Waals surface area contributed by atoms with Crippen LogP contribution in [0.3, 0.4) is 0 Å². The quantitative estimate of drug-likeness (QED) is 0.729. The van der Waals surface area contributed by atoms with E-state index in [0.717, 1.165) is 31.6 Å². The van der Waals surface area contributed by atoms with Crippen molar-refractivity contribution in [1.29, 1.82) is 0 Å². The van der Waals surface area contributed by atoms with Crippen molar-refractivity contribution in [2.24, 2.45) is 5.73 Å². The third-order valence-corrected chi connectivity index (χ3v) is 3.56. The Kier molecular flexibility index (Phi) is 6.18. The number of carbonyl (C=O) groups excluding carboxylic acids is 1. The molecule has 22 heavy (non-hydrogen) atoms. The van der Waals surface area contributed by atoms with E-state index < -0.39 is 0 Å². The minimum Gasteiger partial charge on any atom is -0.464 e. The molecule has 0 aliphatic rings. The fraction of sp³-hybridized carbons (Fsp3) is 0.353. The number of aromatic nitrogens is 1. The molecule has 0 radical (unpaired) electrons. The van der Waals surface area contributed by atoms with Crippen LogP contribution < -0.4 is 5.73 Å². The summed E-state index contributed by atoms with van der Waals surface area (Å²) in [6, 6.07) is 12.2. The van der Waals surface area contributed by atoms with Gasteiger partial charge in [-0.1, -0.05) is 30.3 Å². The minimum atomic E-state index is -0.346. The Morgan fingerprint density at radius 1 is 1.23 bits per heavy atom. The van der Waals surface area contributed by atoms with Gasteiger partial charge < -0.3 is 15.5 Å². The molecule has 5 heteroatoms. The average Bonchev–Trinajstić information content (AvgIpc) is 3.01. The maximum atomic E-state index is 11.5. The summed E-state index contributed by atoms with van der Waals surface area (Å²) in [6.45, 7) is 3.13. The summed E-state index contributed by atoms with van der Waals surface area (Å²) in [4.78, 5) is 16.7. The molecule has 0 aliphatic carbocycles. The maximum absolute atomic E-state index is 11.5. The van der Waals surface area contributed by atoms with Crippen LogP contribution in [0.4, 0.5) is 0 Å². The highest BCUT2D eigenvalue weighted by atomic mass is 16.5. The molecule has 0 saturated carbocycles. The number of hydrogen-bond donors (Lipinski definition) is 2. The number of benzene rings is 1. The fourth-order valence-corrected chi connectivity index (χ4v) is 2.40. The van der Waals surface area contributed by atoms with Crippen LogP contribution in [0.5, 0.6) is 0 Å². The summed E-state index contributed by atoms with van der Waals surface area (Å²) in [5.41, 5.74) is 8.55. The highest BCUT2D eigenvalue weighted by molar-refractivity contribution is 5.87. The Labute approximate surface area is 131 Å². The summed E-state index contributed by atoms with van der Waals surface area (Å²) in [7, 11) is 1.38. The van der Waals surface area contributed by atoms with Gasteiger partial charge in [-0.2, -0.15) is 0 Å². The Balaban J connectivity index is 1.93. The van der Waals surface area contributed by atoms with Gasteiger partial charge >= 0.3 is 5.97 Å². The number of H-pyrrole nitrogens is 1. The van der Waals surface area contributed by atoms with E-state index in [1.807, 2.05) is 18.3 Å². The highest BCUT2D eigenvalue weighted by Gasteiger charge is 2.11. The van der Waals surface area contributed by atoms with Crippen molar-refractivity contribution < 1.29 is 9.53 Å². The number of aromatic amines is 1. The molecule has 0 spiro atoms. The molecule has 0 amide bonds. The molecule has 118 valence electrons. The fourth-order valence-electron chi connectivity index (χ4n) is 2.40.